The number of rotatable bonds is 2. The van der Waals surface area contributed by atoms with Gasteiger partial charge in [0.2, 0.25) is 5.91 Å². The second-order valence-corrected chi connectivity index (χ2v) is 5.66. The number of hydrogen-bond acceptors (Lipinski definition) is 1. The number of carbonyl (C=O) groups excluding carboxylic acids is 1. The van der Waals surface area contributed by atoms with Crippen molar-refractivity contribution in [2.75, 3.05) is 13.2 Å². The Morgan fingerprint density at radius 3 is 2.33 bits per heavy atom. The Morgan fingerprint density at radius 2 is 2.22 bits per heavy atom. The molecule has 53 valence electrons. The van der Waals surface area contributed by atoms with Crippen LogP contribution in [0.4, 0.5) is 0 Å². The van der Waals surface area contributed by atoms with Crippen molar-refractivity contribution in [1.82, 2.24) is 4.90 Å². The minimum Gasteiger partial charge on any atom is -0.348 e. The predicted molar refractivity (Wildman–Crippen MR) is 40.8 cm³/mol. The lowest BCUT2D eigenvalue weighted by Gasteiger charge is -2.14. The van der Waals surface area contributed by atoms with E-state index < -0.39 is 8.11 Å². The molecule has 1 radical (unpaired) electrons. The monoisotopic (exact) mass is 164 g/mol. The molecular formula is C5H11ClNOSi. The molecule has 9 heavy (non-hydrogen) atoms. The van der Waals surface area contributed by atoms with Crippen LogP contribution < -0.4 is 0 Å². The van der Waals surface area contributed by atoms with Crippen molar-refractivity contribution in [3.63, 3.8) is 0 Å². The van der Waals surface area contributed by atoms with E-state index in [9.17, 15) is 4.79 Å². The molecule has 0 rings (SSSR count). The highest BCUT2D eigenvalue weighted by Gasteiger charge is 2.06. The lowest BCUT2D eigenvalue weighted by Crippen LogP contribution is -2.30. The molecule has 0 saturated carbocycles. The van der Waals surface area contributed by atoms with Gasteiger partial charge < -0.3 is 4.90 Å². The van der Waals surface area contributed by atoms with Crippen molar-refractivity contribution >= 4 is 25.1 Å². The first-order valence-electron chi connectivity index (χ1n) is 2.73. The third kappa shape index (κ3) is 4.48. The fourth-order valence-electron chi connectivity index (χ4n) is 0.438. The number of carbonyl (C=O) groups is 1. The van der Waals surface area contributed by atoms with Gasteiger partial charge in [0.25, 0.3) is 0 Å². The van der Waals surface area contributed by atoms with Crippen molar-refractivity contribution in [1.29, 1.82) is 0 Å². The molecule has 0 atom stereocenters. The molecular weight excluding hydrogens is 154 g/mol. The van der Waals surface area contributed by atoms with Gasteiger partial charge in [0, 0.05) is 20.1 Å². The van der Waals surface area contributed by atoms with Crippen LogP contribution in [0.15, 0.2) is 0 Å². The molecule has 0 aromatic rings. The van der Waals surface area contributed by atoms with Gasteiger partial charge in [-0.15, -0.1) is 0 Å². The SMILES string of the molecule is CC(=O)N(C)C[Si](C)Cl. The molecule has 0 N–H and O–H groups in total. The van der Waals surface area contributed by atoms with Crippen molar-refractivity contribution in [2.45, 2.75) is 13.5 Å². The molecule has 0 aliphatic carbocycles. The largest absolute Gasteiger partial charge is 0.348 e. The predicted octanol–water partition coefficient (Wildman–Crippen LogP) is 0.864. The average molecular weight is 165 g/mol. The second-order valence-electron chi connectivity index (χ2n) is 2.05. The maximum atomic E-state index is 10.6. The molecule has 0 spiro atoms. The van der Waals surface area contributed by atoms with E-state index in [1.54, 1.807) is 18.9 Å². The van der Waals surface area contributed by atoms with Crippen molar-refractivity contribution in [2.24, 2.45) is 0 Å². The van der Waals surface area contributed by atoms with Gasteiger partial charge in [-0.1, -0.05) is 6.55 Å². The summed E-state index contributed by atoms with van der Waals surface area (Å²) in [5.41, 5.74) is 0. The highest BCUT2D eigenvalue weighted by molar-refractivity contribution is 7.06. The number of nitrogens with zero attached hydrogens (tertiary/aromatic N) is 1. The van der Waals surface area contributed by atoms with Crippen LogP contribution in [0.2, 0.25) is 6.55 Å². The summed E-state index contributed by atoms with van der Waals surface area (Å²) in [5, 5.41) is 0. The zero-order chi connectivity index (χ0) is 7.44. The Labute approximate surface area is 62.1 Å². The van der Waals surface area contributed by atoms with Crippen molar-refractivity contribution < 1.29 is 4.79 Å². The third-order valence-electron chi connectivity index (χ3n) is 0.993. The number of hydrogen-bond donors (Lipinski definition) is 0. The standard InChI is InChI=1S/C5H11ClNOSi/c1-5(8)7(2)4-9(3)6/h4H2,1-3H3. The zero-order valence-electron chi connectivity index (χ0n) is 5.94. The molecule has 0 bridgehead atoms. The Kier molecular flexibility index (Phi) is 3.89. The van der Waals surface area contributed by atoms with Gasteiger partial charge in [-0.3, -0.25) is 4.79 Å². The van der Waals surface area contributed by atoms with Crippen LogP contribution in [0.1, 0.15) is 6.92 Å². The van der Waals surface area contributed by atoms with E-state index in [0.29, 0.717) is 0 Å². The molecule has 0 aromatic heterocycles. The molecule has 0 unspecified atom stereocenters. The van der Waals surface area contributed by atoms with Crippen LogP contribution in [-0.4, -0.2) is 32.1 Å². The fraction of sp³-hybridized carbons (Fsp3) is 0.800. The van der Waals surface area contributed by atoms with E-state index in [1.807, 2.05) is 6.55 Å². The van der Waals surface area contributed by atoms with Gasteiger partial charge in [-0.25, -0.2) is 0 Å². The van der Waals surface area contributed by atoms with Crippen LogP contribution >= 0.6 is 11.1 Å². The van der Waals surface area contributed by atoms with Crippen LogP contribution in [0, 0.1) is 0 Å². The Bertz CT molecular complexity index is 107. The molecule has 0 saturated heterocycles. The normalized spacial score (nSPS) is 9.89. The molecule has 0 fully saturated rings. The summed E-state index contributed by atoms with van der Waals surface area (Å²) in [6.07, 6.45) is 0.724. The summed E-state index contributed by atoms with van der Waals surface area (Å²) < 4.78 is 0. The van der Waals surface area contributed by atoms with Crippen molar-refractivity contribution in [3.05, 3.63) is 0 Å². The van der Waals surface area contributed by atoms with Gasteiger partial charge in [0.05, 0.1) is 0 Å². The smallest absolute Gasteiger partial charge is 0.218 e. The third-order valence-corrected chi connectivity index (χ3v) is 2.26. The van der Waals surface area contributed by atoms with E-state index in [2.05, 4.69) is 0 Å². The van der Waals surface area contributed by atoms with Gasteiger partial charge in [0.15, 0.2) is 8.11 Å². The van der Waals surface area contributed by atoms with E-state index in [1.165, 1.54) is 0 Å². The van der Waals surface area contributed by atoms with Gasteiger partial charge in [-0.05, 0) is 0 Å². The van der Waals surface area contributed by atoms with E-state index in [0.717, 1.165) is 6.17 Å². The van der Waals surface area contributed by atoms with Gasteiger partial charge in [0.1, 0.15) is 0 Å². The maximum absolute atomic E-state index is 10.6. The molecule has 0 aliphatic rings. The Hall–Kier alpha value is -0.0231. The molecule has 4 heteroatoms. The van der Waals surface area contributed by atoms with Crippen LogP contribution in [0.5, 0.6) is 0 Å². The molecule has 1 amide bonds. The minimum atomic E-state index is -0.801. The maximum Gasteiger partial charge on any atom is 0.218 e. The summed E-state index contributed by atoms with van der Waals surface area (Å²) in [6, 6.07) is 0. The van der Waals surface area contributed by atoms with Gasteiger partial charge >= 0.3 is 0 Å². The molecule has 2 nitrogen and oxygen atoms in total. The summed E-state index contributed by atoms with van der Waals surface area (Å²) in [4.78, 5) is 12.2. The summed E-state index contributed by atoms with van der Waals surface area (Å²) in [6.45, 7) is 3.51. The van der Waals surface area contributed by atoms with E-state index in [4.69, 9.17) is 11.1 Å². The zero-order valence-corrected chi connectivity index (χ0v) is 7.70. The summed E-state index contributed by atoms with van der Waals surface area (Å²) in [7, 11) is 0.962. The highest BCUT2D eigenvalue weighted by atomic mass is 35.6. The first-order valence-corrected chi connectivity index (χ1v) is 5.95. The highest BCUT2D eigenvalue weighted by Crippen LogP contribution is 1.91. The minimum absolute atomic E-state index is 0.0833. The van der Waals surface area contributed by atoms with Crippen LogP contribution in [0.3, 0.4) is 0 Å². The quantitative estimate of drug-likeness (QED) is 0.438. The first kappa shape index (κ1) is 8.98. The first-order chi connectivity index (χ1) is 4.04. The summed E-state index contributed by atoms with van der Waals surface area (Å²) in [5.74, 6) is 0.0833. The fourth-order valence-corrected chi connectivity index (χ4v) is 1.85. The Morgan fingerprint density at radius 1 is 1.78 bits per heavy atom. The van der Waals surface area contributed by atoms with Crippen LogP contribution in [0.25, 0.3) is 0 Å². The molecule has 0 aliphatic heterocycles. The lowest BCUT2D eigenvalue weighted by atomic mass is 10.6. The number of amides is 1. The van der Waals surface area contributed by atoms with Crippen LogP contribution in [-0.2, 0) is 4.79 Å². The summed E-state index contributed by atoms with van der Waals surface area (Å²) >= 11 is 5.72. The number of halogens is 1. The molecule has 0 heterocycles. The molecule has 0 aromatic carbocycles. The van der Waals surface area contributed by atoms with E-state index >= 15 is 0 Å². The second kappa shape index (κ2) is 3.90. The topological polar surface area (TPSA) is 20.3 Å². The van der Waals surface area contributed by atoms with Crippen molar-refractivity contribution in [3.8, 4) is 0 Å². The average Bonchev–Trinajstić information content (AvgIpc) is 1.63. The lowest BCUT2D eigenvalue weighted by molar-refractivity contribution is -0.126. The Balaban J connectivity index is 3.50. The van der Waals surface area contributed by atoms with E-state index in [-0.39, 0.29) is 5.91 Å². The van der Waals surface area contributed by atoms with Gasteiger partial charge in [-0.2, -0.15) is 11.1 Å².